The standard InChI is InChI=1S/C20H18FN5O2S/c1-28-17-8-3-2-7-16(17)23-19(27)22-10-9-15-12-29-20-24-18(25-26(15)20)13-5-4-6-14(21)11-13/h2-8,11-12H,9-10H2,1H3,(H2,22,23,27). The van der Waals surface area contributed by atoms with Crippen LogP contribution in [-0.2, 0) is 6.42 Å². The minimum absolute atomic E-state index is 0.319. The van der Waals surface area contributed by atoms with Gasteiger partial charge in [0.2, 0.25) is 4.96 Å². The number of nitrogens with one attached hydrogen (secondary N) is 2. The molecule has 2 aromatic heterocycles. The average molecular weight is 411 g/mol. The van der Waals surface area contributed by atoms with E-state index in [2.05, 4.69) is 20.7 Å². The molecule has 2 N–H and O–H groups in total. The van der Waals surface area contributed by atoms with Crippen LogP contribution in [0.25, 0.3) is 16.3 Å². The quantitative estimate of drug-likeness (QED) is 0.503. The lowest BCUT2D eigenvalue weighted by Crippen LogP contribution is -2.30. The third kappa shape index (κ3) is 4.19. The lowest BCUT2D eigenvalue weighted by atomic mass is 10.2. The van der Waals surface area contributed by atoms with Crippen LogP contribution in [0.1, 0.15) is 5.69 Å². The van der Waals surface area contributed by atoms with Crippen LogP contribution < -0.4 is 15.4 Å². The van der Waals surface area contributed by atoms with Crippen molar-refractivity contribution in [2.24, 2.45) is 0 Å². The summed E-state index contributed by atoms with van der Waals surface area (Å²) in [5.74, 6) is 0.736. The van der Waals surface area contributed by atoms with Crippen LogP contribution in [0.3, 0.4) is 0 Å². The number of para-hydroxylation sites is 2. The summed E-state index contributed by atoms with van der Waals surface area (Å²) in [6, 6.07) is 13.1. The van der Waals surface area contributed by atoms with Gasteiger partial charge in [0.1, 0.15) is 11.6 Å². The molecule has 0 saturated heterocycles. The third-order valence-electron chi connectivity index (χ3n) is 4.25. The molecule has 148 valence electrons. The number of hydrogen-bond donors (Lipinski definition) is 2. The van der Waals surface area contributed by atoms with Crippen LogP contribution in [0.2, 0.25) is 0 Å². The number of carbonyl (C=O) groups is 1. The van der Waals surface area contributed by atoms with Gasteiger partial charge in [-0.25, -0.2) is 13.7 Å². The van der Waals surface area contributed by atoms with Crippen LogP contribution in [0, 0.1) is 5.82 Å². The summed E-state index contributed by atoms with van der Waals surface area (Å²) >= 11 is 1.45. The molecule has 7 nitrogen and oxygen atoms in total. The number of fused-ring (bicyclic) bond motifs is 1. The SMILES string of the molecule is COc1ccccc1NC(=O)NCCc1csc2nc(-c3cccc(F)c3)nn12. The van der Waals surface area contributed by atoms with E-state index in [-0.39, 0.29) is 11.8 Å². The van der Waals surface area contributed by atoms with Crippen molar-refractivity contribution in [1.82, 2.24) is 19.9 Å². The van der Waals surface area contributed by atoms with Gasteiger partial charge in [-0.2, -0.15) is 4.98 Å². The molecule has 0 spiro atoms. The lowest BCUT2D eigenvalue weighted by Gasteiger charge is -2.10. The third-order valence-corrected chi connectivity index (χ3v) is 5.12. The van der Waals surface area contributed by atoms with Crippen molar-refractivity contribution < 1.29 is 13.9 Å². The second kappa shape index (κ2) is 8.27. The van der Waals surface area contributed by atoms with E-state index in [1.807, 2.05) is 17.5 Å². The smallest absolute Gasteiger partial charge is 0.319 e. The van der Waals surface area contributed by atoms with E-state index in [9.17, 15) is 9.18 Å². The molecule has 0 bridgehead atoms. The zero-order chi connectivity index (χ0) is 20.2. The number of hydrogen-bond acceptors (Lipinski definition) is 5. The topological polar surface area (TPSA) is 80.5 Å². The van der Waals surface area contributed by atoms with Crippen LogP contribution >= 0.6 is 11.3 Å². The van der Waals surface area contributed by atoms with Gasteiger partial charge in [0, 0.05) is 23.9 Å². The Morgan fingerprint density at radius 2 is 2.10 bits per heavy atom. The van der Waals surface area contributed by atoms with E-state index in [4.69, 9.17) is 4.74 Å². The van der Waals surface area contributed by atoms with Crippen molar-refractivity contribution in [3.05, 3.63) is 65.4 Å². The Hall–Kier alpha value is -3.46. The molecule has 0 aliphatic carbocycles. The predicted octanol–water partition coefficient (Wildman–Crippen LogP) is 3.97. The molecule has 0 atom stereocenters. The van der Waals surface area contributed by atoms with Gasteiger partial charge in [0.25, 0.3) is 0 Å². The number of rotatable bonds is 6. The summed E-state index contributed by atoms with van der Waals surface area (Å²) < 4.78 is 20.4. The summed E-state index contributed by atoms with van der Waals surface area (Å²) in [4.78, 5) is 17.3. The summed E-state index contributed by atoms with van der Waals surface area (Å²) in [5, 5.41) is 12.0. The van der Waals surface area contributed by atoms with Gasteiger partial charge >= 0.3 is 6.03 Å². The maximum atomic E-state index is 13.4. The minimum atomic E-state index is -0.328. The van der Waals surface area contributed by atoms with Crippen LogP contribution in [-0.4, -0.2) is 34.3 Å². The molecule has 0 radical (unpaired) electrons. The Morgan fingerprint density at radius 3 is 2.93 bits per heavy atom. The van der Waals surface area contributed by atoms with Crippen LogP contribution in [0.15, 0.2) is 53.9 Å². The maximum Gasteiger partial charge on any atom is 0.319 e. The maximum absolute atomic E-state index is 13.4. The number of carbonyl (C=O) groups excluding carboxylic acids is 1. The van der Waals surface area contributed by atoms with Crippen molar-refractivity contribution in [3.63, 3.8) is 0 Å². The van der Waals surface area contributed by atoms with Gasteiger partial charge in [0.05, 0.1) is 18.5 Å². The van der Waals surface area contributed by atoms with Crippen molar-refractivity contribution in [2.75, 3.05) is 19.0 Å². The molecule has 2 amide bonds. The minimum Gasteiger partial charge on any atom is -0.495 e. The molecule has 4 aromatic rings. The number of urea groups is 1. The number of anilines is 1. The zero-order valence-electron chi connectivity index (χ0n) is 15.6. The fourth-order valence-electron chi connectivity index (χ4n) is 2.87. The summed E-state index contributed by atoms with van der Waals surface area (Å²) in [5.41, 5.74) is 2.14. The van der Waals surface area contributed by atoms with Crippen molar-refractivity contribution >= 4 is 28.0 Å². The van der Waals surface area contributed by atoms with Gasteiger partial charge in [0.15, 0.2) is 5.82 Å². The highest BCUT2D eigenvalue weighted by atomic mass is 32.1. The number of aromatic nitrogens is 3. The highest BCUT2D eigenvalue weighted by Gasteiger charge is 2.12. The van der Waals surface area contributed by atoms with Gasteiger partial charge < -0.3 is 15.4 Å². The number of halogens is 1. The Morgan fingerprint density at radius 1 is 1.24 bits per heavy atom. The highest BCUT2D eigenvalue weighted by molar-refractivity contribution is 7.15. The molecule has 9 heteroatoms. The summed E-state index contributed by atoms with van der Waals surface area (Å²) in [6.07, 6.45) is 0.575. The first kappa shape index (κ1) is 18.9. The molecular weight excluding hydrogens is 393 g/mol. The highest BCUT2D eigenvalue weighted by Crippen LogP contribution is 2.23. The van der Waals surface area contributed by atoms with Crippen molar-refractivity contribution in [2.45, 2.75) is 6.42 Å². The Kier molecular flexibility index (Phi) is 5.39. The van der Waals surface area contributed by atoms with Gasteiger partial charge in [-0.05, 0) is 24.3 Å². The number of thiazole rings is 1. The lowest BCUT2D eigenvalue weighted by molar-refractivity contribution is 0.252. The first-order valence-electron chi connectivity index (χ1n) is 8.91. The van der Waals surface area contributed by atoms with Gasteiger partial charge in [-0.15, -0.1) is 16.4 Å². The number of benzene rings is 2. The number of ether oxygens (including phenoxy) is 1. The molecule has 0 aliphatic heterocycles. The van der Waals surface area contributed by atoms with Crippen molar-refractivity contribution in [3.8, 4) is 17.1 Å². The molecule has 0 aliphatic rings. The molecule has 4 rings (SSSR count). The Balaban J connectivity index is 1.39. The van der Waals surface area contributed by atoms with E-state index in [1.54, 1.807) is 35.9 Å². The first-order chi connectivity index (χ1) is 14.1. The fraction of sp³-hybridized carbons (Fsp3) is 0.150. The Bertz CT molecular complexity index is 1160. The van der Waals surface area contributed by atoms with Gasteiger partial charge in [-0.3, -0.25) is 0 Å². The second-order valence-electron chi connectivity index (χ2n) is 6.20. The number of nitrogens with zero attached hydrogens (tertiary/aromatic N) is 3. The molecule has 2 heterocycles. The summed E-state index contributed by atoms with van der Waals surface area (Å²) in [6.45, 7) is 0.419. The molecular formula is C20H18FN5O2S. The fourth-order valence-corrected chi connectivity index (χ4v) is 3.72. The van der Waals surface area contributed by atoms with E-state index < -0.39 is 0 Å². The monoisotopic (exact) mass is 411 g/mol. The van der Waals surface area contributed by atoms with E-state index >= 15 is 0 Å². The zero-order valence-corrected chi connectivity index (χ0v) is 16.4. The second-order valence-corrected chi connectivity index (χ2v) is 7.03. The van der Waals surface area contributed by atoms with Crippen LogP contribution in [0.5, 0.6) is 5.75 Å². The Labute approximate surface area is 170 Å². The molecule has 0 saturated carbocycles. The number of methoxy groups -OCH3 is 1. The van der Waals surface area contributed by atoms with Gasteiger partial charge in [-0.1, -0.05) is 24.3 Å². The summed E-state index contributed by atoms with van der Waals surface area (Å²) in [7, 11) is 1.55. The van der Waals surface area contributed by atoms with E-state index in [1.165, 1.54) is 23.5 Å². The predicted molar refractivity (Wildman–Crippen MR) is 110 cm³/mol. The largest absolute Gasteiger partial charge is 0.495 e. The molecule has 0 fully saturated rings. The normalized spacial score (nSPS) is 10.8. The average Bonchev–Trinajstić information content (AvgIpc) is 3.30. The molecule has 2 aromatic carbocycles. The van der Waals surface area contributed by atoms with E-state index in [0.29, 0.717) is 35.8 Å². The molecule has 29 heavy (non-hydrogen) atoms. The molecule has 0 unspecified atom stereocenters. The van der Waals surface area contributed by atoms with Crippen LogP contribution in [0.4, 0.5) is 14.9 Å². The van der Waals surface area contributed by atoms with E-state index in [0.717, 1.165) is 10.7 Å². The first-order valence-corrected chi connectivity index (χ1v) is 9.79. The van der Waals surface area contributed by atoms with Crippen molar-refractivity contribution in [1.29, 1.82) is 0 Å². The number of amides is 2.